The number of nitrogens with zero attached hydrogens (tertiary/aromatic N) is 1. The lowest BCUT2D eigenvalue weighted by Gasteiger charge is -2.33. The van der Waals surface area contributed by atoms with Crippen LogP contribution in [0.3, 0.4) is 0 Å². The highest BCUT2D eigenvalue weighted by Crippen LogP contribution is 2.24. The molecule has 0 aromatic rings. The number of sulfone groups is 1. The molecule has 1 aliphatic heterocycles. The summed E-state index contributed by atoms with van der Waals surface area (Å²) in [5, 5.41) is 0.227. The van der Waals surface area contributed by atoms with Gasteiger partial charge in [0.2, 0.25) is 0 Å². The molecule has 1 unspecified atom stereocenters. The van der Waals surface area contributed by atoms with Crippen LogP contribution in [0.1, 0.15) is 40.5 Å². The van der Waals surface area contributed by atoms with E-state index >= 15 is 0 Å². The number of alkyl halides is 1. The summed E-state index contributed by atoms with van der Waals surface area (Å²) in [6, 6.07) is 0. The van der Waals surface area contributed by atoms with Gasteiger partial charge in [-0.05, 0) is 59.5 Å². The smallest absolute Gasteiger partial charge is 0.156 e. The Kier molecular flexibility index (Phi) is 5.51. The van der Waals surface area contributed by atoms with Crippen molar-refractivity contribution < 1.29 is 8.42 Å². The SMILES string of the molecule is CC(Cl)C1CCN(CCS(=O)(=O)C(C)(C)C)CC1. The van der Waals surface area contributed by atoms with E-state index in [2.05, 4.69) is 4.90 Å². The van der Waals surface area contributed by atoms with Crippen molar-refractivity contribution in [3.8, 4) is 0 Å². The molecule has 1 fully saturated rings. The van der Waals surface area contributed by atoms with Gasteiger partial charge < -0.3 is 4.90 Å². The molecule has 0 saturated carbocycles. The maximum Gasteiger partial charge on any atom is 0.156 e. The van der Waals surface area contributed by atoms with Gasteiger partial charge in [0.15, 0.2) is 9.84 Å². The molecule has 0 radical (unpaired) electrons. The van der Waals surface area contributed by atoms with Crippen LogP contribution in [0, 0.1) is 5.92 Å². The number of piperidine rings is 1. The second-order valence-corrected chi connectivity index (χ2v) is 9.84. The van der Waals surface area contributed by atoms with E-state index < -0.39 is 14.6 Å². The highest BCUT2D eigenvalue weighted by Gasteiger charge is 2.30. The second-order valence-electron chi connectivity index (χ2n) is 6.29. The molecule has 5 heteroatoms. The molecule has 0 N–H and O–H groups in total. The van der Waals surface area contributed by atoms with E-state index in [9.17, 15) is 8.42 Å². The lowest BCUT2D eigenvalue weighted by molar-refractivity contribution is 0.192. The minimum atomic E-state index is -2.99. The van der Waals surface area contributed by atoms with Crippen molar-refractivity contribution >= 4 is 21.4 Å². The van der Waals surface area contributed by atoms with Gasteiger partial charge in [0.1, 0.15) is 0 Å². The van der Waals surface area contributed by atoms with Crippen LogP contribution in [-0.4, -0.2) is 48.8 Å². The molecule has 3 nitrogen and oxygen atoms in total. The molecule has 0 aromatic heterocycles. The summed E-state index contributed by atoms with van der Waals surface area (Å²) in [5.74, 6) is 0.847. The summed E-state index contributed by atoms with van der Waals surface area (Å²) >= 11 is 6.10. The zero-order valence-electron chi connectivity index (χ0n) is 11.9. The zero-order chi connectivity index (χ0) is 14.0. The topological polar surface area (TPSA) is 37.4 Å². The van der Waals surface area contributed by atoms with Gasteiger partial charge in [0.25, 0.3) is 0 Å². The van der Waals surface area contributed by atoms with Gasteiger partial charge in [-0.2, -0.15) is 0 Å². The third-order valence-corrected chi connectivity index (χ3v) is 6.83. The van der Waals surface area contributed by atoms with E-state index in [1.54, 1.807) is 20.8 Å². The van der Waals surface area contributed by atoms with Crippen LogP contribution < -0.4 is 0 Å². The van der Waals surface area contributed by atoms with Gasteiger partial charge >= 0.3 is 0 Å². The van der Waals surface area contributed by atoms with Gasteiger partial charge in [-0.15, -0.1) is 11.6 Å². The summed E-state index contributed by atoms with van der Waals surface area (Å²) in [4.78, 5) is 2.25. The molecule has 0 aromatic carbocycles. The van der Waals surface area contributed by atoms with Crippen LogP contribution in [0.15, 0.2) is 0 Å². The van der Waals surface area contributed by atoms with Crippen molar-refractivity contribution in [1.82, 2.24) is 4.90 Å². The third kappa shape index (κ3) is 4.39. The Bertz CT molecular complexity index is 352. The van der Waals surface area contributed by atoms with E-state index in [1.165, 1.54) is 0 Å². The van der Waals surface area contributed by atoms with Crippen molar-refractivity contribution in [1.29, 1.82) is 0 Å². The largest absolute Gasteiger partial charge is 0.302 e. The number of rotatable bonds is 4. The molecule has 1 heterocycles. The van der Waals surface area contributed by atoms with Crippen LogP contribution in [-0.2, 0) is 9.84 Å². The fourth-order valence-electron chi connectivity index (χ4n) is 2.19. The van der Waals surface area contributed by atoms with Crippen molar-refractivity contribution in [2.75, 3.05) is 25.4 Å². The number of likely N-dealkylation sites (tertiary alicyclic amines) is 1. The molecule has 0 amide bonds. The molecular formula is C13H26ClNO2S. The quantitative estimate of drug-likeness (QED) is 0.748. The first-order valence-corrected chi connectivity index (χ1v) is 8.81. The van der Waals surface area contributed by atoms with Crippen LogP contribution in [0.25, 0.3) is 0 Å². The number of halogens is 1. The van der Waals surface area contributed by atoms with E-state index in [0.29, 0.717) is 12.5 Å². The molecule has 1 atom stereocenters. The first kappa shape index (κ1) is 16.3. The Morgan fingerprint density at radius 1 is 1.28 bits per heavy atom. The average Bonchev–Trinajstić information content (AvgIpc) is 2.25. The Labute approximate surface area is 117 Å². The Morgan fingerprint density at radius 2 is 1.78 bits per heavy atom. The molecule has 0 bridgehead atoms. The van der Waals surface area contributed by atoms with Crippen LogP contribution in [0.4, 0.5) is 0 Å². The molecular weight excluding hydrogens is 270 g/mol. The normalized spacial score (nSPS) is 22.1. The van der Waals surface area contributed by atoms with Gasteiger partial charge in [-0.1, -0.05) is 0 Å². The summed E-state index contributed by atoms with van der Waals surface area (Å²) in [6.45, 7) is 9.95. The zero-order valence-corrected chi connectivity index (χ0v) is 13.5. The van der Waals surface area contributed by atoms with Gasteiger partial charge in [0, 0.05) is 11.9 Å². The van der Waals surface area contributed by atoms with E-state index in [1.807, 2.05) is 6.92 Å². The predicted octanol–water partition coefficient (Wildman–Crippen LogP) is 2.54. The Morgan fingerprint density at radius 3 is 2.17 bits per heavy atom. The number of hydrogen-bond donors (Lipinski definition) is 0. The van der Waals surface area contributed by atoms with Gasteiger partial charge in [0.05, 0.1) is 10.5 Å². The highest BCUT2D eigenvalue weighted by atomic mass is 35.5. The van der Waals surface area contributed by atoms with E-state index in [4.69, 9.17) is 11.6 Å². The molecule has 1 saturated heterocycles. The van der Waals surface area contributed by atoms with Crippen molar-refractivity contribution in [3.63, 3.8) is 0 Å². The molecule has 0 aliphatic carbocycles. The highest BCUT2D eigenvalue weighted by molar-refractivity contribution is 7.92. The van der Waals surface area contributed by atoms with Gasteiger partial charge in [-0.3, -0.25) is 0 Å². The minimum Gasteiger partial charge on any atom is -0.302 e. The average molecular weight is 296 g/mol. The third-order valence-electron chi connectivity index (χ3n) is 3.89. The van der Waals surface area contributed by atoms with Crippen molar-refractivity contribution in [2.24, 2.45) is 5.92 Å². The summed E-state index contributed by atoms with van der Waals surface area (Å²) in [5.41, 5.74) is 0. The molecule has 1 rings (SSSR count). The predicted molar refractivity (Wildman–Crippen MR) is 78.0 cm³/mol. The fraction of sp³-hybridized carbons (Fsp3) is 1.00. The van der Waals surface area contributed by atoms with Gasteiger partial charge in [-0.25, -0.2) is 8.42 Å². The maximum atomic E-state index is 12.0. The Hall–Kier alpha value is 0.200. The van der Waals surface area contributed by atoms with Crippen LogP contribution in [0.5, 0.6) is 0 Å². The van der Waals surface area contributed by atoms with E-state index in [0.717, 1.165) is 25.9 Å². The first-order chi connectivity index (χ1) is 8.13. The Balaban J connectivity index is 2.39. The van der Waals surface area contributed by atoms with Crippen LogP contribution in [0.2, 0.25) is 0 Å². The summed E-state index contributed by atoms with van der Waals surface area (Å²) in [7, 11) is -2.99. The van der Waals surface area contributed by atoms with E-state index in [-0.39, 0.29) is 11.1 Å². The summed E-state index contributed by atoms with van der Waals surface area (Å²) in [6.07, 6.45) is 2.17. The fourth-order valence-corrected chi connectivity index (χ4v) is 3.55. The second kappa shape index (κ2) is 6.10. The molecule has 108 valence electrons. The standard InChI is InChI=1S/C13H26ClNO2S/c1-11(14)12-5-7-15(8-6-12)9-10-18(16,17)13(2,3)4/h11-12H,5-10H2,1-4H3. The molecule has 18 heavy (non-hydrogen) atoms. The monoisotopic (exact) mass is 295 g/mol. The first-order valence-electron chi connectivity index (χ1n) is 6.72. The lowest BCUT2D eigenvalue weighted by atomic mass is 9.94. The van der Waals surface area contributed by atoms with Crippen molar-refractivity contribution in [3.05, 3.63) is 0 Å². The van der Waals surface area contributed by atoms with Crippen LogP contribution >= 0.6 is 11.6 Å². The minimum absolute atomic E-state index is 0.227. The number of hydrogen-bond acceptors (Lipinski definition) is 3. The maximum absolute atomic E-state index is 12.0. The summed E-state index contributed by atoms with van der Waals surface area (Å²) < 4.78 is 23.4. The van der Waals surface area contributed by atoms with Crippen molar-refractivity contribution in [2.45, 2.75) is 50.7 Å². The molecule has 0 spiro atoms. The molecule has 1 aliphatic rings. The lowest BCUT2D eigenvalue weighted by Crippen LogP contribution is -2.41.